The van der Waals surface area contributed by atoms with Gasteiger partial charge in [0.15, 0.2) is 5.78 Å². The van der Waals surface area contributed by atoms with Gasteiger partial charge in [-0.1, -0.05) is 38.1 Å². The first-order valence-corrected chi connectivity index (χ1v) is 8.76. The molecule has 2 amide bonds. The molecule has 1 aliphatic rings. The van der Waals surface area contributed by atoms with Crippen LogP contribution in [0, 0.1) is 5.92 Å². The van der Waals surface area contributed by atoms with Crippen LogP contribution in [-0.2, 0) is 26.3 Å². The summed E-state index contributed by atoms with van der Waals surface area (Å²) in [6.07, 6.45) is -0.795. The second kappa shape index (κ2) is 7.55. The summed E-state index contributed by atoms with van der Waals surface area (Å²) in [5, 5.41) is 12.7. The molecule has 1 aromatic carbocycles. The fraction of sp³-hybridized carbons (Fsp3) is 0.526. The van der Waals surface area contributed by atoms with Crippen molar-refractivity contribution in [1.29, 1.82) is 0 Å². The number of benzene rings is 1. The highest BCUT2D eigenvalue weighted by Crippen LogP contribution is 2.32. The number of nitrogens with one attached hydrogen (secondary N) is 1. The molecule has 1 heterocycles. The predicted octanol–water partition coefficient (Wildman–Crippen LogP) is -0.0542. The lowest BCUT2D eigenvalue weighted by molar-refractivity contribution is -0.150. The topological polar surface area (TPSA) is 113 Å². The quantitative estimate of drug-likeness (QED) is 0.636. The molecule has 0 aliphatic carbocycles. The Hall–Kier alpha value is -2.25. The van der Waals surface area contributed by atoms with E-state index in [-0.39, 0.29) is 5.92 Å². The molecule has 0 saturated carbocycles. The summed E-state index contributed by atoms with van der Waals surface area (Å²) >= 11 is 0. The number of Topliss-reactive ketones (excluding diaryl/α,β-unsaturated/α-hetero) is 1. The number of hydrogen-bond donors (Lipinski definition) is 3. The standard InChI is InChI=1S/C19H27N3O4/c1-11(2)15(23)17(25)21-19(16(24)12(3)20)14-8-6-5-7-13(14)9-10-22(4)18(19)26/h5-8,11-12,15,23H,9-10,20H2,1-4H3,(H,21,25)/t12-,15-,19-/m0/s1. The Labute approximate surface area is 153 Å². The number of nitrogens with two attached hydrogens (primary N) is 1. The molecule has 0 fully saturated rings. The van der Waals surface area contributed by atoms with E-state index < -0.39 is 35.3 Å². The van der Waals surface area contributed by atoms with E-state index >= 15 is 0 Å². The number of rotatable bonds is 5. The molecule has 7 nitrogen and oxygen atoms in total. The van der Waals surface area contributed by atoms with E-state index in [4.69, 9.17) is 5.73 Å². The second-order valence-electron chi connectivity index (χ2n) is 7.21. The largest absolute Gasteiger partial charge is 0.383 e. The molecule has 0 radical (unpaired) electrons. The van der Waals surface area contributed by atoms with Crippen LogP contribution in [-0.4, -0.2) is 53.3 Å². The minimum Gasteiger partial charge on any atom is -0.383 e. The Morgan fingerprint density at radius 1 is 1.27 bits per heavy atom. The van der Waals surface area contributed by atoms with E-state index in [1.807, 2.05) is 12.1 Å². The monoisotopic (exact) mass is 361 g/mol. The number of aliphatic hydroxyl groups is 1. The lowest BCUT2D eigenvalue weighted by Crippen LogP contribution is -2.65. The molecule has 0 bridgehead atoms. The first-order valence-electron chi connectivity index (χ1n) is 8.76. The molecule has 4 N–H and O–H groups in total. The highest BCUT2D eigenvalue weighted by atomic mass is 16.3. The van der Waals surface area contributed by atoms with E-state index in [1.165, 1.54) is 11.8 Å². The number of carbonyl (C=O) groups is 3. The highest BCUT2D eigenvalue weighted by Gasteiger charge is 2.53. The van der Waals surface area contributed by atoms with Crippen LogP contribution in [0.4, 0.5) is 0 Å². The number of hydrogen-bond acceptors (Lipinski definition) is 5. The summed E-state index contributed by atoms with van der Waals surface area (Å²) in [5.74, 6) is -2.29. The summed E-state index contributed by atoms with van der Waals surface area (Å²) in [5.41, 5.74) is 5.11. The molecule has 1 aliphatic heterocycles. The van der Waals surface area contributed by atoms with Crippen LogP contribution in [0.3, 0.4) is 0 Å². The molecule has 0 aromatic heterocycles. The summed E-state index contributed by atoms with van der Waals surface area (Å²) in [4.78, 5) is 40.5. The molecule has 142 valence electrons. The van der Waals surface area contributed by atoms with Crippen LogP contribution < -0.4 is 11.1 Å². The summed E-state index contributed by atoms with van der Waals surface area (Å²) in [6, 6.07) is 6.05. The van der Waals surface area contributed by atoms with Crippen molar-refractivity contribution in [3.05, 3.63) is 35.4 Å². The van der Waals surface area contributed by atoms with Gasteiger partial charge in [0.05, 0.1) is 6.04 Å². The maximum Gasteiger partial charge on any atom is 0.260 e. The minimum absolute atomic E-state index is 0.369. The first-order chi connectivity index (χ1) is 12.1. The summed E-state index contributed by atoms with van der Waals surface area (Å²) in [7, 11) is 1.59. The van der Waals surface area contributed by atoms with Crippen molar-refractivity contribution in [2.75, 3.05) is 13.6 Å². The maximum absolute atomic E-state index is 13.3. The number of likely N-dealkylation sites (N-methyl/N-ethyl adjacent to an activating group) is 1. The van der Waals surface area contributed by atoms with Crippen LogP contribution in [0.15, 0.2) is 24.3 Å². The Morgan fingerprint density at radius 3 is 2.46 bits per heavy atom. The molecule has 0 spiro atoms. The van der Waals surface area contributed by atoms with Crippen LogP contribution in [0.2, 0.25) is 0 Å². The second-order valence-corrected chi connectivity index (χ2v) is 7.21. The zero-order chi connectivity index (χ0) is 19.6. The SMILES string of the molecule is CC(C)[C@H](O)C(=O)N[C@@]1(C(=O)[C@H](C)N)C(=O)N(C)CCc2ccccc21. The van der Waals surface area contributed by atoms with Crippen molar-refractivity contribution in [3.63, 3.8) is 0 Å². The lowest BCUT2D eigenvalue weighted by Gasteiger charge is -2.36. The maximum atomic E-state index is 13.3. The third-order valence-corrected chi connectivity index (χ3v) is 4.80. The lowest BCUT2D eigenvalue weighted by atomic mass is 9.79. The molecular formula is C19H27N3O4. The van der Waals surface area contributed by atoms with Crippen LogP contribution in [0.25, 0.3) is 0 Å². The number of carbonyl (C=O) groups excluding carboxylic acids is 3. The van der Waals surface area contributed by atoms with E-state index in [9.17, 15) is 19.5 Å². The van der Waals surface area contributed by atoms with Gasteiger partial charge in [0.25, 0.3) is 11.8 Å². The van der Waals surface area contributed by atoms with Crippen molar-refractivity contribution in [2.24, 2.45) is 11.7 Å². The Bertz CT molecular complexity index is 716. The zero-order valence-electron chi connectivity index (χ0n) is 15.7. The van der Waals surface area contributed by atoms with Crippen molar-refractivity contribution in [3.8, 4) is 0 Å². The Morgan fingerprint density at radius 2 is 1.88 bits per heavy atom. The van der Waals surface area contributed by atoms with Crippen molar-refractivity contribution >= 4 is 17.6 Å². The smallest absolute Gasteiger partial charge is 0.260 e. The molecule has 7 heteroatoms. The van der Waals surface area contributed by atoms with Gasteiger partial charge in [0.2, 0.25) is 5.54 Å². The Kier molecular flexibility index (Phi) is 5.83. The van der Waals surface area contributed by atoms with Gasteiger partial charge < -0.3 is 21.1 Å². The summed E-state index contributed by atoms with van der Waals surface area (Å²) < 4.78 is 0. The van der Waals surface area contributed by atoms with Gasteiger partial charge in [-0.15, -0.1) is 0 Å². The van der Waals surface area contributed by atoms with Gasteiger partial charge in [-0.05, 0) is 30.4 Å². The van der Waals surface area contributed by atoms with Crippen molar-refractivity contribution in [1.82, 2.24) is 10.2 Å². The van der Waals surface area contributed by atoms with E-state index in [0.717, 1.165) is 5.56 Å². The van der Waals surface area contributed by atoms with Crippen LogP contribution in [0.5, 0.6) is 0 Å². The molecule has 1 aromatic rings. The van der Waals surface area contributed by atoms with Gasteiger partial charge in [0.1, 0.15) is 6.10 Å². The number of ketones is 1. The normalized spacial score (nSPS) is 22.4. The van der Waals surface area contributed by atoms with Crippen LogP contribution in [0.1, 0.15) is 31.9 Å². The third kappa shape index (κ3) is 3.37. The average molecular weight is 361 g/mol. The fourth-order valence-corrected chi connectivity index (χ4v) is 3.22. The first kappa shape index (κ1) is 20.1. The highest BCUT2D eigenvalue weighted by molar-refractivity contribution is 6.15. The van der Waals surface area contributed by atoms with E-state index in [0.29, 0.717) is 18.5 Å². The van der Waals surface area contributed by atoms with Gasteiger partial charge >= 0.3 is 0 Å². The Balaban J connectivity index is 2.70. The summed E-state index contributed by atoms with van der Waals surface area (Å²) in [6.45, 7) is 5.25. The van der Waals surface area contributed by atoms with Gasteiger partial charge in [-0.3, -0.25) is 14.4 Å². The number of nitrogens with zero attached hydrogens (tertiary/aromatic N) is 1. The van der Waals surface area contributed by atoms with Crippen molar-refractivity contribution in [2.45, 2.75) is 44.9 Å². The molecular weight excluding hydrogens is 334 g/mol. The van der Waals surface area contributed by atoms with Gasteiger partial charge in [-0.25, -0.2) is 0 Å². The molecule has 2 rings (SSSR count). The fourth-order valence-electron chi connectivity index (χ4n) is 3.22. The number of aliphatic hydroxyl groups excluding tert-OH is 1. The van der Waals surface area contributed by atoms with Crippen molar-refractivity contribution < 1.29 is 19.5 Å². The third-order valence-electron chi connectivity index (χ3n) is 4.80. The predicted molar refractivity (Wildman–Crippen MR) is 97.1 cm³/mol. The minimum atomic E-state index is -1.94. The van der Waals surface area contributed by atoms with Gasteiger partial charge in [-0.2, -0.15) is 0 Å². The number of fused-ring (bicyclic) bond motifs is 1. The molecule has 26 heavy (non-hydrogen) atoms. The van der Waals surface area contributed by atoms with E-state index in [2.05, 4.69) is 5.32 Å². The van der Waals surface area contributed by atoms with E-state index in [1.54, 1.807) is 33.0 Å². The average Bonchev–Trinajstić information content (AvgIpc) is 2.71. The number of amides is 2. The molecule has 3 atom stereocenters. The van der Waals surface area contributed by atoms with Gasteiger partial charge in [0, 0.05) is 13.6 Å². The van der Waals surface area contributed by atoms with Crippen LogP contribution >= 0.6 is 0 Å². The molecule has 0 unspecified atom stereocenters. The zero-order valence-corrected chi connectivity index (χ0v) is 15.7. The molecule has 0 saturated heterocycles.